The molecule has 1 aliphatic carbocycles. The molecule has 148 valence electrons. The summed E-state index contributed by atoms with van der Waals surface area (Å²) in [7, 11) is 0. The molecule has 2 heterocycles. The summed E-state index contributed by atoms with van der Waals surface area (Å²) in [5.41, 5.74) is 1.79. The molecule has 0 unspecified atom stereocenters. The number of nitrogens with zero attached hydrogens (tertiary/aromatic N) is 5. The molecule has 1 aromatic carbocycles. The molecule has 0 radical (unpaired) electrons. The molecule has 1 atom stereocenters. The first-order valence-electron chi connectivity index (χ1n) is 10.1. The molecule has 0 bridgehead atoms. The van der Waals surface area contributed by atoms with Crippen molar-refractivity contribution in [3.63, 3.8) is 0 Å². The summed E-state index contributed by atoms with van der Waals surface area (Å²) in [5, 5.41) is 14.2. The van der Waals surface area contributed by atoms with E-state index in [1.807, 2.05) is 29.2 Å². The number of rotatable bonds is 5. The zero-order valence-corrected chi connectivity index (χ0v) is 16.0. The maximum Gasteiger partial charge on any atom is 0.225 e. The predicted octanol–water partition coefficient (Wildman–Crippen LogP) is 1.50. The van der Waals surface area contributed by atoms with Gasteiger partial charge in [0.15, 0.2) is 0 Å². The number of hydrogen-bond acceptors (Lipinski definition) is 5. The number of likely N-dealkylation sites (tertiary alicyclic amines) is 1. The third kappa shape index (κ3) is 4.37. The van der Waals surface area contributed by atoms with Crippen molar-refractivity contribution in [2.75, 3.05) is 13.1 Å². The Labute approximate surface area is 164 Å². The van der Waals surface area contributed by atoms with Crippen LogP contribution in [-0.4, -0.2) is 56.1 Å². The zero-order valence-electron chi connectivity index (χ0n) is 16.0. The number of tetrazole rings is 1. The van der Waals surface area contributed by atoms with E-state index < -0.39 is 0 Å². The van der Waals surface area contributed by atoms with Crippen molar-refractivity contribution in [3.05, 3.63) is 36.2 Å². The average Bonchev–Trinajstić information content (AvgIpc) is 3.08. The van der Waals surface area contributed by atoms with E-state index in [2.05, 4.69) is 20.8 Å². The van der Waals surface area contributed by atoms with Gasteiger partial charge in [0, 0.05) is 25.0 Å². The van der Waals surface area contributed by atoms with E-state index in [9.17, 15) is 9.59 Å². The summed E-state index contributed by atoms with van der Waals surface area (Å²) in [6.45, 7) is 1.46. The molecule has 1 aromatic heterocycles. The number of benzene rings is 1. The van der Waals surface area contributed by atoms with Gasteiger partial charge in [0.25, 0.3) is 0 Å². The van der Waals surface area contributed by atoms with Crippen LogP contribution in [0.15, 0.2) is 30.6 Å². The summed E-state index contributed by atoms with van der Waals surface area (Å²) in [6.07, 6.45) is 8.05. The molecule has 28 heavy (non-hydrogen) atoms. The van der Waals surface area contributed by atoms with Gasteiger partial charge >= 0.3 is 0 Å². The molecule has 1 saturated carbocycles. The standard InChI is InChI=1S/C20H26N6O2/c27-19(12-15-7-9-18(10-8-15)26-14-21-23-24-26)22-17-6-1-2-11-25(13-17)20(28)16-4-3-5-16/h7-10,14,16-17H,1-6,11-13H2,(H,22,27)/t17-/m0/s1. The molecule has 1 N–H and O–H groups in total. The molecule has 2 aliphatic rings. The number of aromatic nitrogens is 4. The molecule has 2 aromatic rings. The van der Waals surface area contributed by atoms with E-state index in [-0.39, 0.29) is 23.8 Å². The summed E-state index contributed by atoms with van der Waals surface area (Å²) in [6, 6.07) is 7.65. The molecule has 1 saturated heterocycles. The average molecular weight is 382 g/mol. The van der Waals surface area contributed by atoms with Gasteiger partial charge in [0.2, 0.25) is 11.8 Å². The summed E-state index contributed by atoms with van der Waals surface area (Å²) < 4.78 is 1.57. The predicted molar refractivity (Wildman–Crippen MR) is 103 cm³/mol. The number of carbonyl (C=O) groups is 2. The number of amides is 2. The Kier molecular flexibility index (Phi) is 5.64. The monoisotopic (exact) mass is 382 g/mol. The lowest BCUT2D eigenvalue weighted by molar-refractivity contribution is -0.138. The van der Waals surface area contributed by atoms with E-state index in [0.29, 0.717) is 13.0 Å². The van der Waals surface area contributed by atoms with Crippen molar-refractivity contribution in [1.29, 1.82) is 0 Å². The second-order valence-electron chi connectivity index (χ2n) is 7.77. The first-order chi connectivity index (χ1) is 13.7. The molecule has 8 heteroatoms. The highest BCUT2D eigenvalue weighted by Crippen LogP contribution is 2.29. The fourth-order valence-corrected chi connectivity index (χ4v) is 3.88. The first kappa shape index (κ1) is 18.6. The van der Waals surface area contributed by atoms with Crippen molar-refractivity contribution >= 4 is 11.8 Å². The normalized spacial score (nSPS) is 20.3. The molecular weight excluding hydrogens is 356 g/mol. The van der Waals surface area contributed by atoms with Crippen LogP contribution in [0.2, 0.25) is 0 Å². The molecule has 8 nitrogen and oxygen atoms in total. The van der Waals surface area contributed by atoms with E-state index in [1.165, 1.54) is 6.33 Å². The topological polar surface area (TPSA) is 93.0 Å². The van der Waals surface area contributed by atoms with E-state index in [1.54, 1.807) is 4.68 Å². The molecule has 2 fully saturated rings. The highest BCUT2D eigenvalue weighted by atomic mass is 16.2. The second-order valence-corrected chi connectivity index (χ2v) is 7.77. The van der Waals surface area contributed by atoms with Crippen LogP contribution in [0.5, 0.6) is 0 Å². The zero-order chi connectivity index (χ0) is 19.3. The number of hydrogen-bond donors (Lipinski definition) is 1. The Bertz CT molecular complexity index is 801. The van der Waals surface area contributed by atoms with Crippen molar-refractivity contribution in [2.24, 2.45) is 5.92 Å². The first-order valence-corrected chi connectivity index (χ1v) is 10.1. The second kappa shape index (κ2) is 8.50. The summed E-state index contributed by atoms with van der Waals surface area (Å²) in [4.78, 5) is 27.1. The Morgan fingerprint density at radius 1 is 1.07 bits per heavy atom. The van der Waals surface area contributed by atoms with Crippen LogP contribution in [0, 0.1) is 5.92 Å². The SMILES string of the molecule is O=C(Cc1ccc(-n2cnnn2)cc1)N[C@H]1CCCCN(C(=O)C2CCC2)C1. The highest BCUT2D eigenvalue weighted by Gasteiger charge is 2.31. The quantitative estimate of drug-likeness (QED) is 0.846. The minimum Gasteiger partial charge on any atom is -0.351 e. The van der Waals surface area contributed by atoms with Gasteiger partial charge in [-0.1, -0.05) is 18.6 Å². The lowest BCUT2D eigenvalue weighted by Gasteiger charge is -2.32. The van der Waals surface area contributed by atoms with Crippen molar-refractivity contribution in [2.45, 2.75) is 51.0 Å². The lowest BCUT2D eigenvalue weighted by Crippen LogP contribution is -2.47. The Hall–Kier alpha value is -2.77. The third-order valence-corrected chi connectivity index (χ3v) is 5.72. The number of nitrogens with one attached hydrogen (secondary N) is 1. The molecule has 2 amide bonds. The molecule has 0 spiro atoms. The smallest absolute Gasteiger partial charge is 0.225 e. The summed E-state index contributed by atoms with van der Waals surface area (Å²) >= 11 is 0. The van der Waals surface area contributed by atoms with Crippen LogP contribution in [0.25, 0.3) is 5.69 Å². The fourth-order valence-electron chi connectivity index (χ4n) is 3.88. The van der Waals surface area contributed by atoms with Crippen molar-refractivity contribution in [1.82, 2.24) is 30.4 Å². The van der Waals surface area contributed by atoms with Gasteiger partial charge in [-0.3, -0.25) is 9.59 Å². The maximum absolute atomic E-state index is 12.6. The Morgan fingerprint density at radius 3 is 2.57 bits per heavy atom. The maximum atomic E-state index is 12.6. The third-order valence-electron chi connectivity index (χ3n) is 5.72. The van der Waals surface area contributed by atoms with Crippen molar-refractivity contribution < 1.29 is 9.59 Å². The van der Waals surface area contributed by atoms with Gasteiger partial charge in [0.1, 0.15) is 6.33 Å². The van der Waals surface area contributed by atoms with E-state index >= 15 is 0 Å². The molecule has 4 rings (SSSR count). The van der Waals surface area contributed by atoms with Gasteiger partial charge in [-0.25, -0.2) is 4.68 Å². The van der Waals surface area contributed by atoms with Crippen LogP contribution in [-0.2, 0) is 16.0 Å². The largest absolute Gasteiger partial charge is 0.351 e. The van der Waals surface area contributed by atoms with E-state index in [4.69, 9.17) is 0 Å². The molecular formula is C20H26N6O2. The summed E-state index contributed by atoms with van der Waals surface area (Å²) in [5.74, 6) is 0.497. The Balaban J connectivity index is 1.31. The van der Waals surface area contributed by atoms with Crippen LogP contribution in [0.4, 0.5) is 0 Å². The van der Waals surface area contributed by atoms with Crippen LogP contribution >= 0.6 is 0 Å². The molecule has 1 aliphatic heterocycles. The van der Waals surface area contributed by atoms with E-state index in [0.717, 1.165) is 56.3 Å². The lowest BCUT2D eigenvalue weighted by atomic mass is 9.84. The fraction of sp³-hybridized carbons (Fsp3) is 0.550. The number of carbonyl (C=O) groups excluding carboxylic acids is 2. The Morgan fingerprint density at radius 2 is 1.89 bits per heavy atom. The van der Waals surface area contributed by atoms with Crippen molar-refractivity contribution in [3.8, 4) is 5.69 Å². The van der Waals surface area contributed by atoms with Gasteiger partial charge in [-0.2, -0.15) is 0 Å². The van der Waals surface area contributed by atoms with Gasteiger partial charge in [-0.05, 0) is 60.2 Å². The van der Waals surface area contributed by atoms with Crippen LogP contribution < -0.4 is 5.32 Å². The minimum absolute atomic E-state index is 0.00174. The highest BCUT2D eigenvalue weighted by molar-refractivity contribution is 5.80. The van der Waals surface area contributed by atoms with Crippen LogP contribution in [0.1, 0.15) is 44.1 Å². The van der Waals surface area contributed by atoms with Gasteiger partial charge in [-0.15, -0.1) is 5.10 Å². The van der Waals surface area contributed by atoms with Gasteiger partial charge in [0.05, 0.1) is 12.1 Å². The van der Waals surface area contributed by atoms with Crippen LogP contribution in [0.3, 0.4) is 0 Å². The van der Waals surface area contributed by atoms with Gasteiger partial charge < -0.3 is 10.2 Å². The minimum atomic E-state index is -0.00174.